The van der Waals surface area contributed by atoms with Gasteiger partial charge in [-0.15, -0.1) is 0 Å². The van der Waals surface area contributed by atoms with E-state index in [1.165, 1.54) is 4.90 Å². The fourth-order valence-electron chi connectivity index (χ4n) is 2.60. The maximum absolute atomic E-state index is 12.1. The predicted molar refractivity (Wildman–Crippen MR) is 65.2 cm³/mol. The number of amides is 2. The summed E-state index contributed by atoms with van der Waals surface area (Å²) in [6.07, 6.45) is 3.58. The summed E-state index contributed by atoms with van der Waals surface area (Å²) in [4.78, 5) is 29.6. The molecule has 1 saturated heterocycles. The Balaban J connectivity index is 1.79. The minimum absolute atomic E-state index is 0.193. The van der Waals surface area contributed by atoms with Gasteiger partial charge in [-0.2, -0.15) is 0 Å². The molecule has 0 aromatic carbocycles. The Hall–Kier alpha value is -1.75. The highest BCUT2D eigenvalue weighted by Gasteiger charge is 2.37. The van der Waals surface area contributed by atoms with E-state index in [4.69, 9.17) is 0 Å². The average Bonchev–Trinajstić information content (AvgIpc) is 2.66. The first-order chi connectivity index (χ1) is 8.77. The summed E-state index contributed by atoms with van der Waals surface area (Å²) in [6, 6.07) is 3.36. The van der Waals surface area contributed by atoms with Crippen LogP contribution < -0.4 is 5.32 Å². The van der Waals surface area contributed by atoms with Gasteiger partial charge < -0.3 is 5.32 Å². The molecule has 0 unspecified atom stereocenters. The molecule has 0 aliphatic carbocycles. The summed E-state index contributed by atoms with van der Waals surface area (Å²) in [5, 5.41) is 3.28. The van der Waals surface area contributed by atoms with E-state index >= 15 is 0 Å². The first-order valence-corrected chi connectivity index (χ1v) is 6.29. The first kappa shape index (κ1) is 11.3. The van der Waals surface area contributed by atoms with Crippen LogP contribution in [-0.4, -0.2) is 41.3 Å². The van der Waals surface area contributed by atoms with Crippen LogP contribution in [0.15, 0.2) is 18.3 Å². The number of nitrogens with zero attached hydrogens (tertiary/aromatic N) is 2. The number of nitrogens with one attached hydrogen (secondary N) is 1. The van der Waals surface area contributed by atoms with Gasteiger partial charge in [-0.1, -0.05) is 0 Å². The van der Waals surface area contributed by atoms with E-state index < -0.39 is 0 Å². The normalized spacial score (nSPS) is 20.3. The van der Waals surface area contributed by atoms with Crippen molar-refractivity contribution in [3.63, 3.8) is 0 Å². The quantitative estimate of drug-likeness (QED) is 0.778. The van der Waals surface area contributed by atoms with Crippen LogP contribution >= 0.6 is 0 Å². The van der Waals surface area contributed by atoms with E-state index in [0.717, 1.165) is 25.9 Å². The summed E-state index contributed by atoms with van der Waals surface area (Å²) in [7, 11) is 0. The summed E-state index contributed by atoms with van der Waals surface area (Å²) in [5.74, 6) is -0.0239. The van der Waals surface area contributed by atoms with E-state index in [2.05, 4.69) is 10.3 Å². The molecule has 0 atom stereocenters. The topological polar surface area (TPSA) is 62.3 Å². The summed E-state index contributed by atoms with van der Waals surface area (Å²) in [6.45, 7) is 2.45. The highest BCUT2D eigenvalue weighted by Crippen LogP contribution is 2.23. The lowest BCUT2D eigenvalue weighted by molar-refractivity contribution is 0.0617. The standard InChI is InChI=1S/C13H15N3O2/c17-12-10-2-1-5-15-11(10)13(18)16(12)8-9-3-6-14-7-4-9/h1-2,5,9,14H,3-4,6-8H2. The Morgan fingerprint density at radius 1 is 1.28 bits per heavy atom. The van der Waals surface area contributed by atoms with Crippen LogP contribution in [0.5, 0.6) is 0 Å². The number of aromatic nitrogens is 1. The molecule has 1 aromatic heterocycles. The molecule has 2 amide bonds. The van der Waals surface area contributed by atoms with Crippen molar-refractivity contribution in [2.24, 2.45) is 5.92 Å². The Morgan fingerprint density at radius 2 is 2.06 bits per heavy atom. The lowest BCUT2D eigenvalue weighted by Gasteiger charge is -2.26. The van der Waals surface area contributed by atoms with Gasteiger partial charge in [-0.3, -0.25) is 19.5 Å². The second-order valence-corrected chi connectivity index (χ2v) is 4.81. The zero-order chi connectivity index (χ0) is 12.5. The zero-order valence-corrected chi connectivity index (χ0v) is 10.1. The second kappa shape index (κ2) is 4.49. The monoisotopic (exact) mass is 245 g/mol. The number of fused-ring (bicyclic) bond motifs is 1. The Labute approximate surface area is 105 Å². The van der Waals surface area contributed by atoms with Crippen molar-refractivity contribution in [1.82, 2.24) is 15.2 Å². The maximum Gasteiger partial charge on any atom is 0.280 e. The molecule has 3 heterocycles. The van der Waals surface area contributed by atoms with E-state index in [0.29, 0.717) is 23.7 Å². The Bertz CT molecular complexity index is 460. The fourth-order valence-corrected chi connectivity index (χ4v) is 2.60. The largest absolute Gasteiger partial charge is 0.317 e. The summed E-state index contributed by atoms with van der Waals surface area (Å²) >= 11 is 0. The van der Waals surface area contributed by atoms with Gasteiger partial charge in [-0.25, -0.2) is 0 Å². The lowest BCUT2D eigenvalue weighted by atomic mass is 9.97. The van der Waals surface area contributed by atoms with Gasteiger partial charge in [0.2, 0.25) is 0 Å². The molecule has 18 heavy (non-hydrogen) atoms. The number of carbonyl (C=O) groups is 2. The van der Waals surface area contributed by atoms with Gasteiger partial charge in [0.15, 0.2) is 0 Å². The van der Waals surface area contributed by atoms with Crippen molar-refractivity contribution < 1.29 is 9.59 Å². The third-order valence-corrected chi connectivity index (χ3v) is 3.63. The van der Waals surface area contributed by atoms with Gasteiger partial charge >= 0.3 is 0 Å². The smallest absolute Gasteiger partial charge is 0.280 e. The van der Waals surface area contributed by atoms with Crippen molar-refractivity contribution in [2.45, 2.75) is 12.8 Å². The molecule has 1 aromatic rings. The van der Waals surface area contributed by atoms with Crippen molar-refractivity contribution in [1.29, 1.82) is 0 Å². The fraction of sp³-hybridized carbons (Fsp3) is 0.462. The van der Waals surface area contributed by atoms with E-state index in [1.54, 1.807) is 18.3 Å². The molecular formula is C13H15N3O2. The third-order valence-electron chi connectivity index (χ3n) is 3.63. The van der Waals surface area contributed by atoms with Crippen molar-refractivity contribution in [3.05, 3.63) is 29.6 Å². The molecule has 5 nitrogen and oxygen atoms in total. The minimum atomic E-state index is -0.242. The highest BCUT2D eigenvalue weighted by atomic mass is 16.2. The molecule has 0 radical (unpaired) electrons. The van der Waals surface area contributed by atoms with Crippen LogP contribution in [0.3, 0.4) is 0 Å². The third kappa shape index (κ3) is 1.80. The minimum Gasteiger partial charge on any atom is -0.317 e. The summed E-state index contributed by atoms with van der Waals surface area (Å²) in [5.41, 5.74) is 0.743. The van der Waals surface area contributed by atoms with Crippen LogP contribution in [0, 0.1) is 5.92 Å². The molecule has 3 rings (SSSR count). The first-order valence-electron chi connectivity index (χ1n) is 6.29. The van der Waals surface area contributed by atoms with Gasteiger partial charge in [0.1, 0.15) is 5.69 Å². The molecule has 0 spiro atoms. The number of piperidine rings is 1. The highest BCUT2D eigenvalue weighted by molar-refractivity contribution is 6.20. The van der Waals surface area contributed by atoms with Crippen molar-refractivity contribution in [2.75, 3.05) is 19.6 Å². The molecule has 1 fully saturated rings. The van der Waals surface area contributed by atoms with E-state index in [1.807, 2.05) is 0 Å². The van der Waals surface area contributed by atoms with Gasteiger partial charge in [-0.05, 0) is 44.0 Å². The van der Waals surface area contributed by atoms with Crippen molar-refractivity contribution in [3.8, 4) is 0 Å². The van der Waals surface area contributed by atoms with Gasteiger partial charge in [0.25, 0.3) is 11.8 Å². The van der Waals surface area contributed by atoms with Crippen LogP contribution in [0.25, 0.3) is 0 Å². The average molecular weight is 245 g/mol. The molecule has 2 aliphatic heterocycles. The van der Waals surface area contributed by atoms with Crippen LogP contribution in [0.4, 0.5) is 0 Å². The molecular weight excluding hydrogens is 230 g/mol. The molecule has 0 bridgehead atoms. The number of hydrogen-bond donors (Lipinski definition) is 1. The van der Waals surface area contributed by atoms with E-state index in [-0.39, 0.29) is 11.8 Å². The summed E-state index contributed by atoms with van der Waals surface area (Å²) < 4.78 is 0. The van der Waals surface area contributed by atoms with Crippen LogP contribution in [0.2, 0.25) is 0 Å². The van der Waals surface area contributed by atoms with Gasteiger partial charge in [0.05, 0.1) is 5.56 Å². The van der Waals surface area contributed by atoms with Crippen LogP contribution in [0.1, 0.15) is 33.7 Å². The molecule has 2 aliphatic rings. The number of hydrogen-bond acceptors (Lipinski definition) is 4. The van der Waals surface area contributed by atoms with E-state index in [9.17, 15) is 9.59 Å². The number of pyridine rings is 1. The lowest BCUT2D eigenvalue weighted by Crippen LogP contribution is -2.39. The number of rotatable bonds is 2. The maximum atomic E-state index is 12.1. The molecule has 5 heteroatoms. The second-order valence-electron chi connectivity index (χ2n) is 4.81. The van der Waals surface area contributed by atoms with Crippen LogP contribution in [-0.2, 0) is 0 Å². The Kier molecular flexibility index (Phi) is 2.83. The molecule has 1 N–H and O–H groups in total. The SMILES string of the molecule is O=C1c2cccnc2C(=O)N1CC1CCNCC1. The van der Waals surface area contributed by atoms with Gasteiger partial charge in [0, 0.05) is 12.7 Å². The predicted octanol–water partition coefficient (Wildman–Crippen LogP) is 0.677. The number of carbonyl (C=O) groups excluding carboxylic acids is 2. The van der Waals surface area contributed by atoms with Crippen molar-refractivity contribution >= 4 is 11.8 Å². The Morgan fingerprint density at radius 3 is 2.78 bits per heavy atom. The number of imide groups is 1. The molecule has 0 saturated carbocycles. The zero-order valence-electron chi connectivity index (χ0n) is 10.1. The molecule has 94 valence electrons.